The maximum Gasteiger partial charge on any atom is 0.247 e. The monoisotopic (exact) mass is 259 g/mol. The van der Waals surface area contributed by atoms with E-state index in [9.17, 15) is 4.79 Å². The summed E-state index contributed by atoms with van der Waals surface area (Å²) in [7, 11) is 0. The number of rotatable bonds is 0. The summed E-state index contributed by atoms with van der Waals surface area (Å²) in [6, 6.07) is 8.09. The Morgan fingerprint density at radius 3 is 3.00 bits per heavy atom. The van der Waals surface area contributed by atoms with Gasteiger partial charge in [-0.1, -0.05) is 23.5 Å². The smallest absolute Gasteiger partial charge is 0.247 e. The van der Waals surface area contributed by atoms with E-state index in [1.54, 1.807) is 18.3 Å². The lowest BCUT2D eigenvalue weighted by Gasteiger charge is -2.20. The fraction of sp³-hybridized carbons (Fsp3) is 0.286. The molecule has 1 atom stereocenters. The molecule has 3 rings (SSSR count). The Bertz CT molecular complexity index is 605. The van der Waals surface area contributed by atoms with Crippen LogP contribution >= 0.6 is 11.3 Å². The van der Waals surface area contributed by atoms with E-state index in [1.807, 2.05) is 23.1 Å². The number of benzene rings is 1. The molecule has 0 spiro atoms. The van der Waals surface area contributed by atoms with E-state index in [-0.39, 0.29) is 5.91 Å². The minimum Gasteiger partial charge on any atom is -0.306 e. The molecule has 0 saturated heterocycles. The van der Waals surface area contributed by atoms with Gasteiger partial charge in [0.25, 0.3) is 0 Å². The molecule has 1 aromatic heterocycles. The topological polar surface area (TPSA) is 24.2 Å². The third-order valence-electron chi connectivity index (χ3n) is 3.33. The first-order valence-electron chi connectivity index (χ1n) is 6.05. The molecule has 0 fully saturated rings. The zero-order valence-corrected chi connectivity index (χ0v) is 11.3. The van der Waals surface area contributed by atoms with Crippen molar-refractivity contribution in [2.24, 2.45) is 0 Å². The summed E-state index contributed by atoms with van der Waals surface area (Å²) in [6.45, 7) is 4.55. The van der Waals surface area contributed by atoms with Gasteiger partial charge in [0.15, 0.2) is 6.20 Å². The van der Waals surface area contributed by atoms with Crippen LogP contribution < -0.4 is 9.47 Å². The molecule has 3 nitrogen and oxygen atoms in total. The maximum atomic E-state index is 11.9. The molecule has 92 valence electrons. The molecule has 2 aromatic rings. The van der Waals surface area contributed by atoms with Crippen LogP contribution in [-0.4, -0.2) is 12.5 Å². The van der Waals surface area contributed by atoms with Crippen LogP contribution in [0.15, 0.2) is 35.8 Å². The van der Waals surface area contributed by atoms with Crippen molar-refractivity contribution in [3.8, 4) is 5.69 Å². The standard InChI is InChI=1S/C14H15N2OS/c1-10-9-16(11(2)17)13-6-4-3-5-12(13)15-7-8-18-14(10)15/h3-8,10H,9H2,1-2H3/q+1. The van der Waals surface area contributed by atoms with Crippen LogP contribution in [0.4, 0.5) is 5.69 Å². The molecule has 0 saturated carbocycles. The third kappa shape index (κ3) is 1.64. The van der Waals surface area contributed by atoms with Crippen molar-refractivity contribution >= 4 is 22.9 Å². The first kappa shape index (κ1) is 11.4. The zero-order chi connectivity index (χ0) is 12.7. The van der Waals surface area contributed by atoms with Crippen molar-refractivity contribution < 1.29 is 9.36 Å². The van der Waals surface area contributed by atoms with Crippen molar-refractivity contribution in [3.05, 3.63) is 40.8 Å². The molecule has 1 aromatic carbocycles. The number of hydrogen-bond acceptors (Lipinski definition) is 2. The van der Waals surface area contributed by atoms with Crippen LogP contribution in [0.3, 0.4) is 0 Å². The Morgan fingerprint density at radius 1 is 1.44 bits per heavy atom. The Kier molecular flexibility index (Phi) is 2.67. The summed E-state index contributed by atoms with van der Waals surface area (Å²) in [5.74, 6) is 0.450. The van der Waals surface area contributed by atoms with Crippen LogP contribution in [0.2, 0.25) is 0 Å². The normalized spacial score (nSPS) is 17.9. The van der Waals surface area contributed by atoms with Gasteiger partial charge in [0, 0.05) is 19.5 Å². The van der Waals surface area contributed by atoms with Gasteiger partial charge in [-0.2, -0.15) is 4.57 Å². The van der Waals surface area contributed by atoms with Gasteiger partial charge in [0.2, 0.25) is 16.6 Å². The summed E-state index contributed by atoms with van der Waals surface area (Å²) >= 11 is 1.75. The highest BCUT2D eigenvalue weighted by atomic mass is 32.1. The molecule has 0 radical (unpaired) electrons. The lowest BCUT2D eigenvalue weighted by Crippen LogP contribution is -2.32. The van der Waals surface area contributed by atoms with Crippen LogP contribution in [-0.2, 0) is 4.79 Å². The number of para-hydroxylation sites is 2. The van der Waals surface area contributed by atoms with Gasteiger partial charge in [-0.25, -0.2) is 0 Å². The van der Waals surface area contributed by atoms with Crippen LogP contribution in [0.5, 0.6) is 0 Å². The number of fused-ring (bicyclic) bond motifs is 3. The molecular weight excluding hydrogens is 244 g/mol. The highest BCUT2D eigenvalue weighted by molar-refractivity contribution is 7.09. The number of nitrogens with zero attached hydrogens (tertiary/aromatic N) is 2. The summed E-state index contributed by atoms with van der Waals surface area (Å²) in [5, 5.41) is 3.40. The Labute approximate surface area is 110 Å². The van der Waals surface area contributed by atoms with Gasteiger partial charge in [0.05, 0.1) is 11.3 Å². The summed E-state index contributed by atoms with van der Waals surface area (Å²) in [5.41, 5.74) is 2.09. The number of carbonyl (C=O) groups excluding carboxylic acids is 1. The van der Waals surface area contributed by atoms with Crippen molar-refractivity contribution in [2.75, 3.05) is 11.4 Å². The average Bonchev–Trinajstić information content (AvgIpc) is 2.80. The average molecular weight is 259 g/mol. The van der Waals surface area contributed by atoms with E-state index in [0.717, 1.165) is 17.9 Å². The van der Waals surface area contributed by atoms with Crippen LogP contribution in [0, 0.1) is 0 Å². The van der Waals surface area contributed by atoms with Crippen molar-refractivity contribution in [1.29, 1.82) is 0 Å². The van der Waals surface area contributed by atoms with Gasteiger partial charge in [0.1, 0.15) is 5.69 Å². The summed E-state index contributed by atoms with van der Waals surface area (Å²) in [4.78, 5) is 13.7. The number of amides is 1. The predicted molar refractivity (Wildman–Crippen MR) is 72.3 cm³/mol. The molecule has 0 aliphatic carbocycles. The number of aromatic nitrogens is 1. The maximum absolute atomic E-state index is 11.9. The first-order chi connectivity index (χ1) is 8.68. The molecule has 1 aliphatic rings. The van der Waals surface area contributed by atoms with Gasteiger partial charge < -0.3 is 4.90 Å². The largest absolute Gasteiger partial charge is 0.306 e. The molecule has 1 unspecified atom stereocenters. The van der Waals surface area contributed by atoms with Crippen molar-refractivity contribution in [3.63, 3.8) is 0 Å². The first-order valence-corrected chi connectivity index (χ1v) is 6.93. The minimum atomic E-state index is 0.102. The predicted octanol–water partition coefficient (Wildman–Crippen LogP) is 2.49. The number of anilines is 1. The summed E-state index contributed by atoms with van der Waals surface area (Å²) in [6.07, 6.45) is 2.08. The van der Waals surface area contributed by atoms with E-state index < -0.39 is 0 Å². The minimum absolute atomic E-state index is 0.102. The van der Waals surface area contributed by atoms with Gasteiger partial charge in [-0.15, -0.1) is 0 Å². The molecule has 1 aliphatic heterocycles. The molecule has 18 heavy (non-hydrogen) atoms. The Hall–Kier alpha value is -1.68. The Balaban J connectivity index is 2.26. The fourth-order valence-electron chi connectivity index (χ4n) is 2.49. The van der Waals surface area contributed by atoms with E-state index in [0.29, 0.717) is 5.92 Å². The van der Waals surface area contributed by atoms with Crippen LogP contribution in [0.1, 0.15) is 24.8 Å². The molecule has 4 heteroatoms. The molecule has 1 amide bonds. The molecule has 0 bridgehead atoms. The van der Waals surface area contributed by atoms with E-state index in [1.165, 1.54) is 5.01 Å². The third-order valence-corrected chi connectivity index (χ3v) is 4.42. The van der Waals surface area contributed by atoms with E-state index in [2.05, 4.69) is 29.1 Å². The zero-order valence-electron chi connectivity index (χ0n) is 10.5. The fourth-order valence-corrected chi connectivity index (χ4v) is 3.39. The van der Waals surface area contributed by atoms with Gasteiger partial charge in [-0.05, 0) is 13.0 Å². The highest BCUT2D eigenvalue weighted by Gasteiger charge is 2.33. The second-order valence-corrected chi connectivity index (χ2v) is 5.56. The number of hydrogen-bond donors (Lipinski definition) is 0. The second-order valence-electron chi connectivity index (χ2n) is 4.63. The molecular formula is C14H15N2OS+. The lowest BCUT2D eigenvalue weighted by molar-refractivity contribution is -0.598. The van der Waals surface area contributed by atoms with Gasteiger partial charge >= 0.3 is 0 Å². The highest BCUT2D eigenvalue weighted by Crippen LogP contribution is 2.30. The second kappa shape index (κ2) is 4.21. The van der Waals surface area contributed by atoms with Gasteiger partial charge in [-0.3, -0.25) is 4.79 Å². The molecule has 2 heterocycles. The van der Waals surface area contributed by atoms with E-state index in [4.69, 9.17) is 0 Å². The van der Waals surface area contributed by atoms with E-state index >= 15 is 0 Å². The SMILES string of the molecule is CC(=O)N1CC(C)c2scc[n+]2-c2ccccc21. The Morgan fingerprint density at radius 2 is 2.22 bits per heavy atom. The summed E-state index contributed by atoms with van der Waals surface area (Å²) < 4.78 is 2.20. The van der Waals surface area contributed by atoms with Crippen LogP contribution in [0.25, 0.3) is 5.69 Å². The molecule has 0 N–H and O–H groups in total. The number of carbonyl (C=O) groups is 1. The van der Waals surface area contributed by atoms with Crippen molar-refractivity contribution in [2.45, 2.75) is 19.8 Å². The lowest BCUT2D eigenvalue weighted by atomic mass is 10.2. The van der Waals surface area contributed by atoms with Crippen molar-refractivity contribution in [1.82, 2.24) is 0 Å². The number of thiazole rings is 1. The quantitative estimate of drug-likeness (QED) is 0.667.